The van der Waals surface area contributed by atoms with Crippen molar-refractivity contribution in [1.29, 1.82) is 0 Å². The van der Waals surface area contributed by atoms with E-state index in [9.17, 15) is 4.79 Å². The molecule has 3 aromatic heterocycles. The summed E-state index contributed by atoms with van der Waals surface area (Å²) in [5.74, 6) is -0.167. The van der Waals surface area contributed by atoms with E-state index in [1.54, 1.807) is 17.5 Å². The molecule has 3 heterocycles. The number of para-hydroxylation sites is 2. The van der Waals surface area contributed by atoms with E-state index in [0.29, 0.717) is 4.88 Å². The van der Waals surface area contributed by atoms with Gasteiger partial charge < -0.3 is 5.32 Å². The van der Waals surface area contributed by atoms with Gasteiger partial charge in [0.05, 0.1) is 28.1 Å². The maximum Gasteiger partial charge on any atom is 0.267 e. The molecule has 1 N–H and O–H groups in total. The highest BCUT2D eigenvalue weighted by Gasteiger charge is 2.15. The van der Waals surface area contributed by atoms with Crippen LogP contribution in [0, 0.1) is 13.8 Å². The number of hydrogen-bond acceptors (Lipinski definition) is 5. The number of aromatic nitrogens is 3. The van der Waals surface area contributed by atoms with E-state index in [1.807, 2.05) is 66.4 Å². The molecule has 5 nitrogen and oxygen atoms in total. The van der Waals surface area contributed by atoms with E-state index in [2.05, 4.69) is 15.4 Å². The molecule has 7 heteroatoms. The molecule has 4 rings (SSSR count). The highest BCUT2D eigenvalue weighted by Crippen LogP contribution is 2.30. The van der Waals surface area contributed by atoms with Gasteiger partial charge in [-0.05, 0) is 43.5 Å². The summed E-state index contributed by atoms with van der Waals surface area (Å²) in [5, 5.41) is 10.4. The minimum atomic E-state index is -0.167. The van der Waals surface area contributed by atoms with Crippen LogP contribution in [0.15, 0.2) is 54.0 Å². The Labute approximate surface area is 159 Å². The normalized spacial score (nSPS) is 10.8. The number of benzene rings is 1. The first-order valence-corrected chi connectivity index (χ1v) is 9.75. The Balaban J connectivity index is 1.62. The van der Waals surface area contributed by atoms with Gasteiger partial charge in [-0.3, -0.25) is 4.79 Å². The fourth-order valence-electron chi connectivity index (χ4n) is 2.71. The minimum Gasteiger partial charge on any atom is -0.319 e. The summed E-state index contributed by atoms with van der Waals surface area (Å²) in [6, 6.07) is 13.6. The number of carbonyl (C=O) groups excluding carboxylic acids is 1. The molecule has 4 aromatic rings. The monoisotopic (exact) mass is 380 g/mol. The third-order valence-electron chi connectivity index (χ3n) is 3.85. The Morgan fingerprint density at radius 3 is 2.73 bits per heavy atom. The van der Waals surface area contributed by atoms with Gasteiger partial charge in [0.25, 0.3) is 5.91 Å². The van der Waals surface area contributed by atoms with E-state index in [0.717, 1.165) is 32.6 Å². The number of carbonyl (C=O) groups is 1. The standard InChI is InChI=1S/C19H16N4OS2/c1-12-10-13(2)23(22-12)15-7-4-3-6-14(15)21-18(24)17-11-20-19(26-17)16-8-5-9-25-16/h3-11H,1-2H3,(H,21,24). The number of amides is 1. The van der Waals surface area contributed by atoms with E-state index >= 15 is 0 Å². The van der Waals surface area contributed by atoms with Crippen molar-refractivity contribution in [2.45, 2.75) is 13.8 Å². The third kappa shape index (κ3) is 3.18. The molecule has 0 saturated heterocycles. The second-order valence-electron chi connectivity index (χ2n) is 5.82. The van der Waals surface area contributed by atoms with Crippen LogP contribution < -0.4 is 5.32 Å². The van der Waals surface area contributed by atoms with Gasteiger partial charge in [0.1, 0.15) is 9.88 Å². The van der Waals surface area contributed by atoms with Crippen LogP contribution in [0.5, 0.6) is 0 Å². The second kappa shape index (κ2) is 6.86. The molecule has 0 aliphatic carbocycles. The van der Waals surface area contributed by atoms with Gasteiger partial charge in [-0.2, -0.15) is 5.10 Å². The summed E-state index contributed by atoms with van der Waals surface area (Å²) in [7, 11) is 0. The minimum absolute atomic E-state index is 0.167. The lowest BCUT2D eigenvalue weighted by Crippen LogP contribution is -2.13. The van der Waals surface area contributed by atoms with Crippen LogP contribution in [0.25, 0.3) is 15.6 Å². The van der Waals surface area contributed by atoms with Crippen molar-refractivity contribution in [3.63, 3.8) is 0 Å². The summed E-state index contributed by atoms with van der Waals surface area (Å²) < 4.78 is 1.84. The lowest BCUT2D eigenvalue weighted by molar-refractivity contribution is 0.103. The average molecular weight is 380 g/mol. The van der Waals surface area contributed by atoms with Gasteiger partial charge in [0.15, 0.2) is 0 Å². The molecule has 0 aliphatic heterocycles. The molecule has 0 atom stereocenters. The van der Waals surface area contributed by atoms with Crippen molar-refractivity contribution in [2.24, 2.45) is 0 Å². The number of nitrogens with one attached hydrogen (secondary N) is 1. The number of rotatable bonds is 4. The molecular weight excluding hydrogens is 364 g/mol. The SMILES string of the molecule is Cc1cc(C)n(-c2ccccc2NC(=O)c2cnc(-c3cccs3)s2)n1. The van der Waals surface area contributed by atoms with Crippen LogP contribution in [0.2, 0.25) is 0 Å². The quantitative estimate of drug-likeness (QED) is 0.546. The Kier molecular flexibility index (Phi) is 4.40. The molecule has 0 aliphatic rings. The van der Waals surface area contributed by atoms with Gasteiger partial charge in [-0.25, -0.2) is 9.67 Å². The molecule has 1 amide bonds. The highest BCUT2D eigenvalue weighted by molar-refractivity contribution is 7.22. The van der Waals surface area contributed by atoms with Crippen molar-refractivity contribution < 1.29 is 4.79 Å². The van der Waals surface area contributed by atoms with Crippen molar-refractivity contribution in [2.75, 3.05) is 5.32 Å². The number of aryl methyl sites for hydroxylation is 2. The topological polar surface area (TPSA) is 59.8 Å². The maximum atomic E-state index is 12.7. The van der Waals surface area contributed by atoms with Crippen molar-refractivity contribution in [1.82, 2.24) is 14.8 Å². The lowest BCUT2D eigenvalue weighted by Gasteiger charge is -2.11. The smallest absolute Gasteiger partial charge is 0.267 e. The zero-order valence-electron chi connectivity index (χ0n) is 14.3. The Hall–Kier alpha value is -2.77. The van der Waals surface area contributed by atoms with Gasteiger partial charge >= 0.3 is 0 Å². The molecule has 0 spiro atoms. The first kappa shape index (κ1) is 16.7. The summed E-state index contributed by atoms with van der Waals surface area (Å²) >= 11 is 3.01. The fraction of sp³-hybridized carbons (Fsp3) is 0.105. The Morgan fingerprint density at radius 1 is 1.15 bits per heavy atom. The first-order chi connectivity index (χ1) is 12.6. The molecule has 0 saturated carbocycles. The second-order valence-corrected chi connectivity index (χ2v) is 7.80. The van der Waals surface area contributed by atoms with E-state index < -0.39 is 0 Å². The molecular formula is C19H16N4OS2. The zero-order valence-corrected chi connectivity index (χ0v) is 15.9. The van der Waals surface area contributed by atoms with Gasteiger partial charge in [0, 0.05) is 5.69 Å². The van der Waals surface area contributed by atoms with Crippen LogP contribution in [-0.2, 0) is 0 Å². The number of nitrogens with zero attached hydrogens (tertiary/aromatic N) is 3. The van der Waals surface area contributed by atoms with Crippen molar-refractivity contribution >= 4 is 34.3 Å². The maximum absolute atomic E-state index is 12.7. The summed E-state index contributed by atoms with van der Waals surface area (Å²) in [6.45, 7) is 3.95. The molecule has 130 valence electrons. The number of anilines is 1. The highest BCUT2D eigenvalue weighted by atomic mass is 32.1. The van der Waals surface area contributed by atoms with E-state index in [1.165, 1.54) is 11.3 Å². The first-order valence-electron chi connectivity index (χ1n) is 8.05. The number of thiazole rings is 1. The number of hydrogen-bond donors (Lipinski definition) is 1. The molecule has 0 unspecified atom stereocenters. The van der Waals surface area contributed by atoms with E-state index in [-0.39, 0.29) is 5.91 Å². The molecule has 26 heavy (non-hydrogen) atoms. The predicted octanol–water partition coefficient (Wildman–Crippen LogP) is 4.93. The summed E-state index contributed by atoms with van der Waals surface area (Å²) in [5.41, 5.74) is 3.51. The molecule has 0 fully saturated rings. The third-order valence-corrected chi connectivity index (χ3v) is 5.89. The van der Waals surface area contributed by atoms with Crippen LogP contribution in [-0.4, -0.2) is 20.7 Å². The molecule has 0 radical (unpaired) electrons. The van der Waals surface area contributed by atoms with Crippen molar-refractivity contribution in [3.8, 4) is 15.6 Å². The zero-order chi connectivity index (χ0) is 18.1. The lowest BCUT2D eigenvalue weighted by atomic mass is 10.2. The number of thiophene rings is 1. The van der Waals surface area contributed by atoms with E-state index in [4.69, 9.17) is 0 Å². The molecule has 0 bridgehead atoms. The van der Waals surface area contributed by atoms with Gasteiger partial charge in [-0.1, -0.05) is 18.2 Å². The Morgan fingerprint density at radius 2 is 2.00 bits per heavy atom. The average Bonchev–Trinajstić information content (AvgIpc) is 3.35. The van der Waals surface area contributed by atoms with Crippen LogP contribution in [0.3, 0.4) is 0 Å². The summed E-state index contributed by atoms with van der Waals surface area (Å²) in [4.78, 5) is 18.7. The fourth-order valence-corrected chi connectivity index (χ4v) is 4.33. The van der Waals surface area contributed by atoms with Crippen LogP contribution in [0.4, 0.5) is 5.69 Å². The summed E-state index contributed by atoms with van der Waals surface area (Å²) in [6.07, 6.45) is 1.63. The van der Waals surface area contributed by atoms with Gasteiger partial charge in [0.2, 0.25) is 0 Å². The molecule has 1 aromatic carbocycles. The van der Waals surface area contributed by atoms with Crippen LogP contribution >= 0.6 is 22.7 Å². The van der Waals surface area contributed by atoms with Crippen molar-refractivity contribution in [3.05, 3.63) is 70.3 Å². The van der Waals surface area contributed by atoms with Gasteiger partial charge in [-0.15, -0.1) is 22.7 Å². The Bertz CT molecular complexity index is 1060. The largest absolute Gasteiger partial charge is 0.319 e. The van der Waals surface area contributed by atoms with Crippen LogP contribution in [0.1, 0.15) is 21.1 Å². The predicted molar refractivity (Wildman–Crippen MR) is 106 cm³/mol.